The molecule has 0 unspecified atom stereocenters. The highest BCUT2D eigenvalue weighted by atomic mass is 16.5. The molecule has 7 aromatic rings. The summed E-state index contributed by atoms with van der Waals surface area (Å²) in [7, 11) is 3.93. The van der Waals surface area contributed by atoms with Gasteiger partial charge < -0.3 is 29.6 Å². The van der Waals surface area contributed by atoms with E-state index in [4.69, 9.17) is 18.9 Å². The van der Waals surface area contributed by atoms with Crippen LogP contribution in [-0.2, 0) is 46.4 Å². The molecule has 12 heteroatoms. The molecule has 0 radical (unpaired) electrons. The quantitative estimate of drug-likeness (QED) is 0.0541. The van der Waals surface area contributed by atoms with Gasteiger partial charge in [-0.05, 0) is 132 Å². The fourth-order valence-corrected chi connectivity index (χ4v) is 8.16. The van der Waals surface area contributed by atoms with Gasteiger partial charge in [0.25, 0.3) is 0 Å². The molecule has 12 nitrogen and oxygen atoms in total. The summed E-state index contributed by atoms with van der Waals surface area (Å²) in [5.41, 5.74) is 17.5. The van der Waals surface area contributed by atoms with E-state index in [1.54, 1.807) is 0 Å². The van der Waals surface area contributed by atoms with E-state index < -0.39 is 0 Å². The number of nitrogens with one attached hydrogen (secondary N) is 3. The van der Waals surface area contributed by atoms with Gasteiger partial charge in [0.1, 0.15) is 56.4 Å². The van der Waals surface area contributed by atoms with Crippen LogP contribution in [0.25, 0.3) is 11.1 Å². The van der Waals surface area contributed by atoms with Crippen molar-refractivity contribution in [3.8, 4) is 34.1 Å². The lowest BCUT2D eigenvalue weighted by Gasteiger charge is -2.21. The van der Waals surface area contributed by atoms with Crippen LogP contribution in [0.5, 0.6) is 23.0 Å². The summed E-state index contributed by atoms with van der Waals surface area (Å²) >= 11 is 0. The van der Waals surface area contributed by atoms with Crippen LogP contribution in [-0.4, -0.2) is 53.3 Å². The molecule has 0 amide bonds. The number of ether oxygens (including phenoxy) is 4. The second-order valence-electron chi connectivity index (χ2n) is 17.7. The van der Waals surface area contributed by atoms with E-state index >= 15 is 0 Å². The minimum Gasteiger partial charge on any atom is -0.492 e. The number of aryl methyl sites for hydroxylation is 5. The third-order valence-electron chi connectivity index (χ3n) is 11.7. The molecule has 2 heterocycles. The summed E-state index contributed by atoms with van der Waals surface area (Å²) in [6.07, 6.45) is 4.08. The molecule has 0 aliphatic carbocycles. The van der Waals surface area contributed by atoms with Crippen LogP contribution < -0.4 is 39.8 Å². The number of hydrogen-bond acceptors (Lipinski definition) is 10. The summed E-state index contributed by atoms with van der Waals surface area (Å²) in [6.45, 7) is 14.8. The zero-order valence-corrected chi connectivity index (χ0v) is 40.3. The van der Waals surface area contributed by atoms with Crippen molar-refractivity contribution < 1.29 is 23.6 Å². The second kappa shape index (κ2) is 23.1. The Labute approximate surface area is 401 Å². The zero-order valence-electron chi connectivity index (χ0n) is 40.3. The third-order valence-corrected chi connectivity index (χ3v) is 11.7. The molecule has 0 fully saturated rings. The number of likely N-dealkylation sites (N-methyl/N-ethyl adjacent to an activating group) is 1. The summed E-state index contributed by atoms with van der Waals surface area (Å²) < 4.78 is 27.9. The molecule has 0 bridgehead atoms. The van der Waals surface area contributed by atoms with Crippen LogP contribution >= 0.6 is 0 Å². The Kier molecular flexibility index (Phi) is 16.1. The maximum Gasteiger partial charge on any atom is 0.204 e. The number of hydrogen-bond donors (Lipinski definition) is 3. The molecule has 3 N–H and O–H groups in total. The van der Waals surface area contributed by atoms with Crippen molar-refractivity contribution in [1.82, 2.24) is 36.1 Å². The van der Waals surface area contributed by atoms with Gasteiger partial charge in [-0.25, -0.2) is 0 Å². The number of hydrazine groups is 2. The minimum absolute atomic E-state index is 0.455. The smallest absolute Gasteiger partial charge is 0.204 e. The van der Waals surface area contributed by atoms with Crippen LogP contribution in [0.3, 0.4) is 0 Å². The topological polar surface area (TPSA) is 101 Å². The first-order chi connectivity index (χ1) is 33.1. The summed E-state index contributed by atoms with van der Waals surface area (Å²) in [5.74, 6) is 3.46. The average Bonchev–Trinajstić information content (AvgIpc) is 3.87. The van der Waals surface area contributed by atoms with E-state index in [-0.39, 0.29) is 0 Å². The van der Waals surface area contributed by atoms with Crippen LogP contribution in [0.1, 0.15) is 50.2 Å². The van der Waals surface area contributed by atoms with Gasteiger partial charge >= 0.3 is 0 Å². The molecule has 1 aromatic heterocycles. The van der Waals surface area contributed by atoms with Crippen molar-refractivity contribution in [2.24, 2.45) is 7.05 Å². The van der Waals surface area contributed by atoms with Crippen molar-refractivity contribution in [2.75, 3.05) is 33.4 Å². The van der Waals surface area contributed by atoms with Gasteiger partial charge in [-0.15, -0.1) is 14.9 Å². The molecule has 1 aliphatic rings. The first-order valence-electron chi connectivity index (χ1n) is 23.4. The first-order valence-corrected chi connectivity index (χ1v) is 23.4. The maximum absolute atomic E-state index is 6.06. The summed E-state index contributed by atoms with van der Waals surface area (Å²) in [5, 5.41) is 15.7. The van der Waals surface area contributed by atoms with Crippen LogP contribution in [0, 0.1) is 27.7 Å². The molecule has 1 aliphatic heterocycles. The largest absolute Gasteiger partial charge is 0.492 e. The Hall–Kier alpha value is -7.12. The molecule has 352 valence electrons. The van der Waals surface area contributed by atoms with E-state index in [2.05, 4.69) is 164 Å². The number of aromatic nitrogens is 3. The van der Waals surface area contributed by atoms with Crippen molar-refractivity contribution in [2.45, 2.75) is 67.0 Å². The molecule has 68 heavy (non-hydrogen) atoms. The first kappa shape index (κ1) is 47.4. The minimum atomic E-state index is 0.455. The van der Waals surface area contributed by atoms with E-state index in [1.165, 1.54) is 55.6 Å². The summed E-state index contributed by atoms with van der Waals surface area (Å²) in [6, 6.07) is 46.7. The highest BCUT2D eigenvalue weighted by Gasteiger charge is 2.18. The maximum atomic E-state index is 6.06. The van der Waals surface area contributed by atoms with Crippen molar-refractivity contribution in [3.05, 3.63) is 202 Å². The highest BCUT2D eigenvalue weighted by Crippen LogP contribution is 2.23. The number of benzene rings is 6. The van der Waals surface area contributed by atoms with Crippen LogP contribution in [0.2, 0.25) is 0 Å². The second-order valence-corrected chi connectivity index (χ2v) is 17.7. The molecule has 0 atom stereocenters. The fourth-order valence-electron chi connectivity index (χ4n) is 8.16. The van der Waals surface area contributed by atoms with Crippen molar-refractivity contribution in [3.63, 3.8) is 0 Å². The van der Waals surface area contributed by atoms with Gasteiger partial charge in [-0.3, -0.25) is 10.0 Å². The van der Waals surface area contributed by atoms with E-state index in [0.29, 0.717) is 39.5 Å². The Morgan fingerprint density at radius 3 is 1.44 bits per heavy atom. The van der Waals surface area contributed by atoms with Crippen molar-refractivity contribution in [1.29, 1.82) is 0 Å². The lowest BCUT2D eigenvalue weighted by Crippen LogP contribution is -2.40. The third kappa shape index (κ3) is 14.0. The molecule has 0 saturated heterocycles. The molecule has 8 rings (SSSR count). The summed E-state index contributed by atoms with van der Waals surface area (Å²) in [4.78, 5) is 0. The van der Waals surface area contributed by atoms with Crippen LogP contribution in [0.15, 0.2) is 152 Å². The Morgan fingerprint density at radius 2 is 0.956 bits per heavy atom. The highest BCUT2D eigenvalue weighted by molar-refractivity contribution is 5.64. The monoisotopic (exact) mass is 914 g/mol. The molecular formula is C56H65N8O4+. The molecular weight excluding hydrogens is 849 g/mol. The van der Waals surface area contributed by atoms with Crippen LogP contribution in [0.4, 0.5) is 0 Å². The fraction of sp³-hybridized carbons (Fsp3) is 0.286. The van der Waals surface area contributed by atoms with E-state index in [1.807, 2.05) is 63.9 Å². The lowest BCUT2D eigenvalue weighted by molar-refractivity contribution is -0.755. The van der Waals surface area contributed by atoms with Gasteiger partial charge in [0.2, 0.25) is 5.69 Å². The molecule has 0 saturated carbocycles. The molecule has 6 aromatic carbocycles. The van der Waals surface area contributed by atoms with Gasteiger partial charge in [-0.2, -0.15) is 0 Å². The van der Waals surface area contributed by atoms with Gasteiger partial charge in [0, 0.05) is 39.4 Å². The standard InChI is InChI=1S/C56H65N8O4/c1-41-27-42(2)30-55(29-41)67-39-51-37-63(59-61(51)5)23-25-65-53-19-11-47(12-20-53)35-57-33-45-7-15-49(16-8-45)50-17-9-46(10-18-50)34-58-36-48-13-21-54(22-14-48)66-26-24-64-38-52(62(6)60-64)40-68-56-31-43(3)28-44(4)32-56/h7-22,27-32,37-38,57-59H,23-26,33-36,39-40H2,1-6H3/q+1. The average molecular weight is 914 g/mol. The Bertz CT molecular complexity index is 2700. The van der Waals surface area contributed by atoms with E-state index in [9.17, 15) is 0 Å². The van der Waals surface area contributed by atoms with Gasteiger partial charge in [0.05, 0.1) is 17.5 Å². The Morgan fingerprint density at radius 1 is 0.515 bits per heavy atom. The van der Waals surface area contributed by atoms with E-state index in [0.717, 1.165) is 60.6 Å². The lowest BCUT2D eigenvalue weighted by atomic mass is 10.0. The predicted molar refractivity (Wildman–Crippen MR) is 268 cm³/mol. The zero-order chi connectivity index (χ0) is 47.2. The normalized spacial score (nSPS) is 12.4. The van der Waals surface area contributed by atoms with Gasteiger partial charge in [0.15, 0.2) is 12.8 Å². The molecule has 0 spiro atoms. The number of nitrogens with zero attached hydrogens (tertiary/aromatic N) is 5. The number of rotatable bonds is 23. The SMILES string of the molecule is Cc1cc(C)cc(OCC2=CN(CCOc3ccc(CNCc4ccc(-c5ccc(CNCc6ccc(OCC[n+]7cc(COc8cc(C)cc(C)c8)n(C)n7)cc6)cc5)cc4)cc3)NN2C)c1. The predicted octanol–water partition coefficient (Wildman–Crippen LogP) is 8.81. The van der Waals surface area contributed by atoms with Crippen molar-refractivity contribution >= 4 is 0 Å². The van der Waals surface area contributed by atoms with Gasteiger partial charge in [-0.1, -0.05) is 84.9 Å². The Balaban J connectivity index is 0.686.